The maximum atomic E-state index is 5.52. The van der Waals surface area contributed by atoms with Crippen molar-refractivity contribution in [1.82, 2.24) is 15.7 Å². The molecule has 0 aliphatic carbocycles. The van der Waals surface area contributed by atoms with Crippen molar-refractivity contribution in [1.29, 1.82) is 0 Å². The van der Waals surface area contributed by atoms with Crippen LogP contribution >= 0.6 is 27.3 Å². The first-order chi connectivity index (χ1) is 10.1. The topological polar surface area (TPSA) is 59.4 Å². The Hall–Kier alpha value is -1.31. The second-order valence-corrected chi connectivity index (χ2v) is 7.00. The van der Waals surface area contributed by atoms with Crippen molar-refractivity contribution < 1.29 is 4.84 Å². The number of thiophene rings is 1. The summed E-state index contributed by atoms with van der Waals surface area (Å²) in [4.78, 5) is 12.8. The average molecular weight is 367 g/mol. The number of aryl methyl sites for hydroxylation is 2. The number of aromatic nitrogens is 2. The number of aliphatic imine (C=N–C) groups is 1. The number of halogens is 1. The Balaban J connectivity index is 2.02. The summed E-state index contributed by atoms with van der Waals surface area (Å²) in [7, 11) is 0. The van der Waals surface area contributed by atoms with Gasteiger partial charge < -0.3 is 0 Å². The smallest absolute Gasteiger partial charge is 0.156 e. The van der Waals surface area contributed by atoms with Crippen LogP contribution in [0.4, 0.5) is 0 Å². The Morgan fingerprint density at radius 1 is 1.29 bits per heavy atom. The maximum Gasteiger partial charge on any atom is 0.156 e. The third-order valence-corrected chi connectivity index (χ3v) is 5.09. The molecule has 0 radical (unpaired) electrons. The number of amidine groups is 1. The Morgan fingerprint density at radius 3 is 2.81 bits per heavy atom. The van der Waals surface area contributed by atoms with Gasteiger partial charge in [0, 0.05) is 9.75 Å². The first-order valence-electron chi connectivity index (χ1n) is 6.58. The Bertz CT molecular complexity index is 713. The summed E-state index contributed by atoms with van der Waals surface area (Å²) < 4.78 is 0.670. The third-order valence-electron chi connectivity index (χ3n) is 3.43. The molecule has 0 saturated heterocycles. The Morgan fingerprint density at radius 2 is 2.10 bits per heavy atom. The van der Waals surface area contributed by atoms with Gasteiger partial charge in [-0.25, -0.2) is 5.48 Å². The van der Waals surface area contributed by atoms with Crippen LogP contribution in [0, 0.1) is 20.8 Å². The molecule has 1 unspecified atom stereocenters. The highest BCUT2D eigenvalue weighted by Gasteiger charge is 2.23. The van der Waals surface area contributed by atoms with Crippen molar-refractivity contribution in [3.63, 3.8) is 0 Å². The van der Waals surface area contributed by atoms with Gasteiger partial charge in [-0.3, -0.25) is 9.83 Å². The molecule has 2 aromatic heterocycles. The van der Waals surface area contributed by atoms with Gasteiger partial charge in [0.05, 0.1) is 11.3 Å². The molecule has 0 amide bonds. The van der Waals surface area contributed by atoms with Crippen molar-refractivity contribution in [2.45, 2.75) is 26.8 Å². The molecule has 1 atom stereocenters. The quantitative estimate of drug-likeness (QED) is 0.885. The lowest BCUT2D eigenvalue weighted by atomic mass is 10.1. The highest BCUT2D eigenvalue weighted by molar-refractivity contribution is 9.10. The van der Waals surface area contributed by atoms with Gasteiger partial charge in [0.1, 0.15) is 17.3 Å². The SMILES string of the molecule is Cc1ccc(C2CONC(c3c(Br)nnc(C)c3C)=N2)s1. The molecule has 1 aliphatic rings. The van der Waals surface area contributed by atoms with Crippen LogP contribution in [-0.4, -0.2) is 22.6 Å². The zero-order valence-electron chi connectivity index (χ0n) is 12.0. The molecular formula is C14H15BrN4OS. The van der Waals surface area contributed by atoms with Crippen molar-refractivity contribution in [3.05, 3.63) is 43.3 Å². The van der Waals surface area contributed by atoms with E-state index >= 15 is 0 Å². The molecule has 21 heavy (non-hydrogen) atoms. The average Bonchev–Trinajstić information content (AvgIpc) is 2.90. The summed E-state index contributed by atoms with van der Waals surface area (Å²) in [5.41, 5.74) is 5.73. The summed E-state index contributed by atoms with van der Waals surface area (Å²) in [6.07, 6.45) is 0. The molecule has 0 saturated carbocycles. The number of rotatable bonds is 2. The zero-order valence-corrected chi connectivity index (χ0v) is 14.4. The van der Waals surface area contributed by atoms with E-state index in [0.29, 0.717) is 17.0 Å². The van der Waals surface area contributed by atoms with Crippen LogP contribution in [0.3, 0.4) is 0 Å². The number of hydrogen-bond donors (Lipinski definition) is 1. The van der Waals surface area contributed by atoms with Gasteiger partial charge in [-0.1, -0.05) is 0 Å². The number of hydroxylamine groups is 1. The molecule has 5 nitrogen and oxygen atoms in total. The van der Waals surface area contributed by atoms with Crippen LogP contribution in [0.1, 0.15) is 32.6 Å². The normalized spacial score (nSPS) is 18.3. The molecule has 7 heteroatoms. The van der Waals surface area contributed by atoms with Gasteiger partial charge in [0.25, 0.3) is 0 Å². The van der Waals surface area contributed by atoms with Gasteiger partial charge >= 0.3 is 0 Å². The Labute approximate surface area is 135 Å². The zero-order chi connectivity index (χ0) is 15.0. The minimum Gasteiger partial charge on any atom is -0.272 e. The van der Waals surface area contributed by atoms with Gasteiger partial charge in [-0.2, -0.15) is 5.10 Å². The molecule has 2 aromatic rings. The van der Waals surface area contributed by atoms with Gasteiger partial charge in [-0.15, -0.1) is 16.4 Å². The third kappa shape index (κ3) is 2.86. The van der Waals surface area contributed by atoms with E-state index in [1.807, 2.05) is 13.8 Å². The summed E-state index contributed by atoms with van der Waals surface area (Å²) in [5.74, 6) is 0.694. The van der Waals surface area contributed by atoms with E-state index in [1.54, 1.807) is 11.3 Å². The summed E-state index contributed by atoms with van der Waals surface area (Å²) in [5, 5.41) is 8.21. The second-order valence-electron chi connectivity index (χ2n) is 4.93. The summed E-state index contributed by atoms with van der Waals surface area (Å²) >= 11 is 5.20. The number of hydrogen-bond acceptors (Lipinski definition) is 6. The van der Waals surface area contributed by atoms with Crippen molar-refractivity contribution in [2.24, 2.45) is 4.99 Å². The van der Waals surface area contributed by atoms with Crippen LogP contribution in [0.15, 0.2) is 21.7 Å². The predicted molar refractivity (Wildman–Crippen MR) is 86.6 cm³/mol. The van der Waals surface area contributed by atoms with Crippen LogP contribution in [-0.2, 0) is 4.84 Å². The summed E-state index contributed by atoms with van der Waals surface area (Å²) in [6.45, 7) is 6.56. The minimum absolute atomic E-state index is 0.0136. The molecule has 1 N–H and O–H groups in total. The van der Waals surface area contributed by atoms with Gasteiger partial charge in [0.2, 0.25) is 0 Å². The molecule has 0 aromatic carbocycles. The fourth-order valence-corrected chi connectivity index (χ4v) is 3.62. The monoisotopic (exact) mass is 366 g/mol. The molecule has 1 aliphatic heterocycles. The lowest BCUT2D eigenvalue weighted by Gasteiger charge is -2.22. The fraction of sp³-hybridized carbons (Fsp3) is 0.357. The van der Waals surface area contributed by atoms with E-state index in [9.17, 15) is 0 Å². The number of nitrogens with one attached hydrogen (secondary N) is 1. The molecule has 3 rings (SSSR count). The largest absolute Gasteiger partial charge is 0.272 e. The standard InChI is InChI=1S/C14H15BrN4OS/c1-7-4-5-11(21-7)10-6-20-19-14(16-10)12-8(2)9(3)17-18-13(12)15/h4-5,10H,6H2,1-3H3,(H,16,19). The molecule has 0 fully saturated rings. The van der Waals surface area contributed by atoms with E-state index in [2.05, 4.69) is 50.7 Å². The predicted octanol–water partition coefficient (Wildman–Crippen LogP) is 3.25. The van der Waals surface area contributed by atoms with Gasteiger partial charge in [0.15, 0.2) is 5.84 Å². The first-order valence-corrected chi connectivity index (χ1v) is 8.19. The minimum atomic E-state index is 0.0136. The highest BCUT2D eigenvalue weighted by Crippen LogP contribution is 2.29. The van der Waals surface area contributed by atoms with Crippen LogP contribution in [0.5, 0.6) is 0 Å². The lowest BCUT2D eigenvalue weighted by molar-refractivity contribution is 0.0628. The van der Waals surface area contributed by atoms with Crippen molar-refractivity contribution >= 4 is 33.1 Å². The molecule has 0 bridgehead atoms. The van der Waals surface area contributed by atoms with E-state index in [0.717, 1.165) is 16.8 Å². The number of nitrogens with zero attached hydrogens (tertiary/aromatic N) is 3. The van der Waals surface area contributed by atoms with Crippen LogP contribution in [0.2, 0.25) is 0 Å². The van der Waals surface area contributed by atoms with Crippen molar-refractivity contribution in [3.8, 4) is 0 Å². The molecule has 110 valence electrons. The van der Waals surface area contributed by atoms with E-state index in [4.69, 9.17) is 9.83 Å². The molecular weight excluding hydrogens is 352 g/mol. The maximum absolute atomic E-state index is 5.52. The Kier molecular flexibility index (Phi) is 4.05. The van der Waals surface area contributed by atoms with E-state index < -0.39 is 0 Å². The van der Waals surface area contributed by atoms with Crippen molar-refractivity contribution in [2.75, 3.05) is 6.61 Å². The molecule has 3 heterocycles. The van der Waals surface area contributed by atoms with Crippen LogP contribution < -0.4 is 5.48 Å². The fourth-order valence-electron chi connectivity index (χ4n) is 2.16. The molecule has 0 spiro atoms. The van der Waals surface area contributed by atoms with Crippen LogP contribution in [0.25, 0.3) is 0 Å². The first kappa shape index (κ1) is 14.6. The summed E-state index contributed by atoms with van der Waals surface area (Å²) in [6, 6.07) is 4.23. The second kappa shape index (κ2) is 5.82. The lowest BCUT2D eigenvalue weighted by Crippen LogP contribution is -2.33. The van der Waals surface area contributed by atoms with E-state index in [-0.39, 0.29) is 6.04 Å². The van der Waals surface area contributed by atoms with E-state index in [1.165, 1.54) is 9.75 Å². The highest BCUT2D eigenvalue weighted by atomic mass is 79.9. The van der Waals surface area contributed by atoms with Gasteiger partial charge in [-0.05, 0) is 54.4 Å².